The maximum absolute atomic E-state index is 13.7. The highest BCUT2D eigenvalue weighted by Gasteiger charge is 2.31. The van der Waals surface area contributed by atoms with E-state index in [9.17, 15) is 13.6 Å². The Morgan fingerprint density at radius 3 is 2.95 bits per heavy atom. The molecule has 2 rings (SSSR count). The molecule has 1 aliphatic heterocycles. The van der Waals surface area contributed by atoms with Crippen molar-refractivity contribution in [2.24, 2.45) is 0 Å². The summed E-state index contributed by atoms with van der Waals surface area (Å²) in [5, 5.41) is 3.22. The lowest BCUT2D eigenvalue weighted by Crippen LogP contribution is -2.35. The summed E-state index contributed by atoms with van der Waals surface area (Å²) in [6.07, 6.45) is 2.13. The fraction of sp³-hybridized carbons (Fsp3) is 0.533. The Bertz CT molecular complexity index is 479. The van der Waals surface area contributed by atoms with E-state index in [2.05, 4.69) is 5.32 Å². The first-order valence-corrected chi connectivity index (χ1v) is 7.06. The molecule has 3 nitrogen and oxygen atoms in total. The minimum absolute atomic E-state index is 0.0233. The van der Waals surface area contributed by atoms with Crippen molar-refractivity contribution in [3.63, 3.8) is 0 Å². The fourth-order valence-electron chi connectivity index (χ4n) is 2.61. The van der Waals surface area contributed by atoms with E-state index in [0.717, 1.165) is 32.0 Å². The molecule has 0 radical (unpaired) electrons. The molecule has 1 aliphatic rings. The van der Waals surface area contributed by atoms with Crippen molar-refractivity contribution in [2.45, 2.75) is 38.8 Å². The molecule has 1 atom stereocenters. The van der Waals surface area contributed by atoms with Crippen molar-refractivity contribution < 1.29 is 13.6 Å². The standard InChI is InChI=1S/C15H20F2N2O/c1-2-18-9-8-12-6-7-14(20)19(12)10-11-4-3-5-13(16)15(11)17/h3-5,12,18H,2,6-10H2,1H3/t12-/m1/s1. The summed E-state index contributed by atoms with van der Waals surface area (Å²) in [4.78, 5) is 13.6. The number of carbonyl (C=O) groups excluding carboxylic acids is 1. The Morgan fingerprint density at radius 2 is 2.20 bits per heavy atom. The molecular formula is C15H20F2N2O. The van der Waals surface area contributed by atoms with Crippen LogP contribution in [0.4, 0.5) is 8.78 Å². The van der Waals surface area contributed by atoms with Crippen molar-refractivity contribution >= 4 is 5.91 Å². The number of hydrogen-bond acceptors (Lipinski definition) is 2. The minimum Gasteiger partial charge on any atom is -0.335 e. The molecule has 1 aromatic carbocycles. The van der Waals surface area contributed by atoms with Crippen molar-refractivity contribution in [1.29, 1.82) is 0 Å². The van der Waals surface area contributed by atoms with Crippen LogP contribution in [0.25, 0.3) is 0 Å². The van der Waals surface area contributed by atoms with Crippen LogP contribution in [0.1, 0.15) is 31.7 Å². The first-order chi connectivity index (χ1) is 9.63. The molecule has 0 saturated carbocycles. The number of rotatable bonds is 6. The number of hydrogen-bond donors (Lipinski definition) is 1. The van der Waals surface area contributed by atoms with Crippen molar-refractivity contribution in [2.75, 3.05) is 13.1 Å². The van der Waals surface area contributed by atoms with Crippen LogP contribution < -0.4 is 5.32 Å². The zero-order chi connectivity index (χ0) is 14.5. The molecule has 20 heavy (non-hydrogen) atoms. The van der Waals surface area contributed by atoms with Crippen LogP contribution in [-0.2, 0) is 11.3 Å². The average Bonchev–Trinajstić information content (AvgIpc) is 2.77. The number of amides is 1. The van der Waals surface area contributed by atoms with Crippen molar-refractivity contribution in [1.82, 2.24) is 10.2 Å². The van der Waals surface area contributed by atoms with Gasteiger partial charge in [-0.05, 0) is 32.0 Å². The fourth-order valence-corrected chi connectivity index (χ4v) is 2.61. The van der Waals surface area contributed by atoms with E-state index < -0.39 is 11.6 Å². The molecular weight excluding hydrogens is 262 g/mol. The molecule has 0 aliphatic carbocycles. The Labute approximate surface area is 118 Å². The maximum atomic E-state index is 13.7. The second-order valence-electron chi connectivity index (χ2n) is 5.07. The van der Waals surface area contributed by atoms with Gasteiger partial charge in [0, 0.05) is 24.6 Å². The van der Waals surface area contributed by atoms with E-state index in [4.69, 9.17) is 0 Å². The lowest BCUT2D eigenvalue weighted by molar-refractivity contribution is -0.129. The first-order valence-electron chi connectivity index (χ1n) is 7.06. The van der Waals surface area contributed by atoms with E-state index in [1.807, 2.05) is 6.92 Å². The smallest absolute Gasteiger partial charge is 0.223 e. The highest BCUT2D eigenvalue weighted by Crippen LogP contribution is 2.24. The Hall–Kier alpha value is -1.49. The predicted molar refractivity (Wildman–Crippen MR) is 73.1 cm³/mol. The molecule has 1 fully saturated rings. The summed E-state index contributed by atoms with van der Waals surface area (Å²) < 4.78 is 26.9. The summed E-state index contributed by atoms with van der Waals surface area (Å²) in [6.45, 7) is 3.90. The minimum atomic E-state index is -0.863. The van der Waals surface area contributed by atoms with Crippen LogP contribution in [0.15, 0.2) is 18.2 Å². The van der Waals surface area contributed by atoms with Crippen LogP contribution in [0.2, 0.25) is 0 Å². The number of nitrogens with one attached hydrogen (secondary N) is 1. The van der Waals surface area contributed by atoms with Gasteiger partial charge in [-0.15, -0.1) is 0 Å². The molecule has 1 N–H and O–H groups in total. The lowest BCUT2D eigenvalue weighted by atomic mass is 10.1. The SMILES string of the molecule is CCNCC[C@H]1CCC(=O)N1Cc1cccc(F)c1F. The van der Waals surface area contributed by atoms with Crippen LogP contribution in [0, 0.1) is 11.6 Å². The third-order valence-corrected chi connectivity index (χ3v) is 3.73. The third kappa shape index (κ3) is 3.33. The lowest BCUT2D eigenvalue weighted by Gasteiger charge is -2.25. The molecule has 110 valence electrons. The summed E-state index contributed by atoms with van der Waals surface area (Å²) >= 11 is 0. The maximum Gasteiger partial charge on any atom is 0.223 e. The number of nitrogens with zero attached hydrogens (tertiary/aromatic N) is 1. The highest BCUT2D eigenvalue weighted by molar-refractivity contribution is 5.78. The summed E-state index contributed by atoms with van der Waals surface area (Å²) in [5.74, 6) is -1.69. The molecule has 1 saturated heterocycles. The van der Waals surface area contributed by atoms with E-state index >= 15 is 0 Å². The van der Waals surface area contributed by atoms with Crippen LogP contribution in [-0.4, -0.2) is 29.9 Å². The zero-order valence-corrected chi connectivity index (χ0v) is 11.7. The van der Waals surface area contributed by atoms with Gasteiger partial charge in [-0.2, -0.15) is 0 Å². The summed E-state index contributed by atoms with van der Waals surface area (Å²) in [7, 11) is 0. The van der Waals surface area contributed by atoms with Gasteiger partial charge in [-0.3, -0.25) is 4.79 Å². The van der Waals surface area contributed by atoms with E-state index in [1.165, 1.54) is 12.1 Å². The molecule has 1 aromatic rings. The van der Waals surface area contributed by atoms with Gasteiger partial charge in [0.25, 0.3) is 0 Å². The van der Waals surface area contributed by atoms with Crippen molar-refractivity contribution in [3.8, 4) is 0 Å². The second-order valence-corrected chi connectivity index (χ2v) is 5.07. The molecule has 0 unspecified atom stereocenters. The van der Waals surface area contributed by atoms with Gasteiger partial charge < -0.3 is 10.2 Å². The predicted octanol–water partition coefficient (Wildman–Crippen LogP) is 2.46. The Balaban J connectivity index is 2.05. The zero-order valence-electron chi connectivity index (χ0n) is 11.7. The highest BCUT2D eigenvalue weighted by atomic mass is 19.2. The molecule has 1 amide bonds. The van der Waals surface area contributed by atoms with Gasteiger partial charge in [0.1, 0.15) is 0 Å². The average molecular weight is 282 g/mol. The van der Waals surface area contributed by atoms with Gasteiger partial charge in [-0.1, -0.05) is 19.1 Å². The molecule has 5 heteroatoms. The van der Waals surface area contributed by atoms with E-state index in [0.29, 0.717) is 6.42 Å². The van der Waals surface area contributed by atoms with E-state index in [-0.39, 0.29) is 24.1 Å². The van der Waals surface area contributed by atoms with Gasteiger partial charge >= 0.3 is 0 Å². The largest absolute Gasteiger partial charge is 0.335 e. The van der Waals surface area contributed by atoms with Gasteiger partial charge in [0.05, 0.1) is 0 Å². The second kappa shape index (κ2) is 6.79. The Morgan fingerprint density at radius 1 is 1.40 bits per heavy atom. The van der Waals surface area contributed by atoms with Gasteiger partial charge in [0.2, 0.25) is 5.91 Å². The van der Waals surface area contributed by atoms with Crippen LogP contribution in [0.3, 0.4) is 0 Å². The number of halogens is 2. The number of likely N-dealkylation sites (tertiary alicyclic amines) is 1. The Kier molecular flexibility index (Phi) is 5.06. The normalized spacial score (nSPS) is 18.9. The van der Waals surface area contributed by atoms with E-state index in [1.54, 1.807) is 4.90 Å². The molecule has 0 aromatic heterocycles. The third-order valence-electron chi connectivity index (χ3n) is 3.73. The molecule has 1 heterocycles. The molecule has 0 bridgehead atoms. The van der Waals surface area contributed by atoms with Gasteiger partial charge in [0.15, 0.2) is 11.6 Å². The quantitative estimate of drug-likeness (QED) is 0.813. The number of benzene rings is 1. The monoisotopic (exact) mass is 282 g/mol. The van der Waals surface area contributed by atoms with Gasteiger partial charge in [-0.25, -0.2) is 8.78 Å². The number of carbonyl (C=O) groups is 1. The van der Waals surface area contributed by atoms with Crippen molar-refractivity contribution in [3.05, 3.63) is 35.4 Å². The topological polar surface area (TPSA) is 32.3 Å². The first kappa shape index (κ1) is 14.9. The van der Waals surface area contributed by atoms with Crippen LogP contribution >= 0.6 is 0 Å². The van der Waals surface area contributed by atoms with Crippen LogP contribution in [0.5, 0.6) is 0 Å². The summed E-state index contributed by atoms with van der Waals surface area (Å²) in [6, 6.07) is 4.21. The molecule has 0 spiro atoms. The summed E-state index contributed by atoms with van der Waals surface area (Å²) in [5.41, 5.74) is 0.244.